The molecule has 0 aliphatic rings. The Morgan fingerprint density at radius 2 is 1.02 bits per heavy atom. The summed E-state index contributed by atoms with van der Waals surface area (Å²) in [4.78, 5) is 7.20. The van der Waals surface area contributed by atoms with E-state index < -0.39 is 0 Å². The minimum Gasteiger partial charge on any atom is -0.455 e. The van der Waals surface area contributed by atoms with E-state index in [1.165, 1.54) is 27.1 Å². The zero-order valence-electron chi connectivity index (χ0n) is 29.7. The number of aromatic nitrogens is 1. The van der Waals surface area contributed by atoms with Crippen molar-refractivity contribution < 1.29 is 8.83 Å². The number of furan rings is 1. The average Bonchev–Trinajstić information content (AvgIpc) is 3.85. The summed E-state index contributed by atoms with van der Waals surface area (Å²) in [5, 5.41) is 6.98. The van der Waals surface area contributed by atoms with Gasteiger partial charge in [0, 0.05) is 44.9 Å². The SMILES string of the molecule is c1ccc(-c2nc3cc4c(cc3o2)oc2c(-c3ccc(N(c5ccc6ccc7ccccc7c6c5)c5ccccc5-c5ccccc5)cc3)cccc24)cc1. The van der Waals surface area contributed by atoms with Gasteiger partial charge >= 0.3 is 0 Å². The van der Waals surface area contributed by atoms with Gasteiger partial charge in [0.05, 0.1) is 5.69 Å². The number of rotatable bonds is 6. The normalized spacial score (nSPS) is 11.6. The number of hydrogen-bond acceptors (Lipinski definition) is 4. The summed E-state index contributed by atoms with van der Waals surface area (Å²) in [7, 11) is 0. The number of fused-ring (bicyclic) bond motifs is 7. The molecular weight excluding hydrogens is 673 g/mol. The Kier molecular flexibility index (Phi) is 7.14. The Bertz CT molecular complexity index is 3200. The highest BCUT2D eigenvalue weighted by Gasteiger charge is 2.20. The van der Waals surface area contributed by atoms with Gasteiger partial charge in [-0.2, -0.15) is 0 Å². The van der Waals surface area contributed by atoms with Crippen molar-refractivity contribution in [3.63, 3.8) is 0 Å². The monoisotopic (exact) mass is 704 g/mol. The molecule has 0 aliphatic heterocycles. The minimum atomic E-state index is 0.603. The lowest BCUT2D eigenvalue weighted by Crippen LogP contribution is -2.11. The molecule has 0 unspecified atom stereocenters. The van der Waals surface area contributed by atoms with Crippen LogP contribution in [0.1, 0.15) is 0 Å². The molecule has 55 heavy (non-hydrogen) atoms. The van der Waals surface area contributed by atoms with Crippen molar-refractivity contribution in [2.24, 2.45) is 0 Å². The van der Waals surface area contributed by atoms with Crippen molar-refractivity contribution in [3.05, 3.63) is 194 Å². The summed E-state index contributed by atoms with van der Waals surface area (Å²) >= 11 is 0. The maximum Gasteiger partial charge on any atom is 0.227 e. The van der Waals surface area contributed by atoms with E-state index in [-0.39, 0.29) is 0 Å². The third-order valence-corrected chi connectivity index (χ3v) is 10.7. The molecule has 4 nitrogen and oxygen atoms in total. The zero-order valence-corrected chi connectivity index (χ0v) is 29.7. The highest BCUT2D eigenvalue weighted by atomic mass is 16.4. The van der Waals surface area contributed by atoms with Crippen molar-refractivity contribution in [2.75, 3.05) is 4.90 Å². The Morgan fingerprint density at radius 3 is 1.85 bits per heavy atom. The second-order valence-electron chi connectivity index (χ2n) is 13.9. The van der Waals surface area contributed by atoms with E-state index in [0.717, 1.165) is 66.8 Å². The Labute approximate surface area is 317 Å². The number of para-hydroxylation sites is 2. The fourth-order valence-corrected chi connectivity index (χ4v) is 8.03. The van der Waals surface area contributed by atoms with E-state index in [9.17, 15) is 0 Å². The van der Waals surface area contributed by atoms with Crippen LogP contribution in [0.2, 0.25) is 0 Å². The largest absolute Gasteiger partial charge is 0.455 e. The first kappa shape index (κ1) is 31.1. The van der Waals surface area contributed by atoms with Crippen LogP contribution in [0.4, 0.5) is 17.1 Å². The Balaban J connectivity index is 1.04. The third kappa shape index (κ3) is 5.26. The fourth-order valence-electron chi connectivity index (χ4n) is 8.03. The van der Waals surface area contributed by atoms with Crippen molar-refractivity contribution in [2.45, 2.75) is 0 Å². The van der Waals surface area contributed by atoms with Gasteiger partial charge in [0.15, 0.2) is 5.58 Å². The molecule has 0 fully saturated rings. The van der Waals surface area contributed by atoms with Gasteiger partial charge in [0.25, 0.3) is 0 Å². The summed E-state index contributed by atoms with van der Waals surface area (Å²) in [5.41, 5.74) is 11.8. The molecule has 0 spiro atoms. The molecule has 0 bridgehead atoms. The predicted molar refractivity (Wildman–Crippen MR) is 227 cm³/mol. The second-order valence-corrected chi connectivity index (χ2v) is 13.9. The van der Waals surface area contributed by atoms with Crippen LogP contribution in [-0.2, 0) is 0 Å². The summed E-state index contributed by atoms with van der Waals surface area (Å²) in [5.74, 6) is 0.603. The molecule has 2 heterocycles. The molecule has 258 valence electrons. The van der Waals surface area contributed by atoms with Gasteiger partial charge in [0.1, 0.15) is 16.7 Å². The maximum absolute atomic E-state index is 6.62. The summed E-state index contributed by atoms with van der Waals surface area (Å²) < 4.78 is 12.8. The molecule has 11 rings (SSSR count). The number of benzene rings is 9. The van der Waals surface area contributed by atoms with Crippen LogP contribution < -0.4 is 4.90 Å². The van der Waals surface area contributed by atoms with E-state index in [2.05, 4.69) is 163 Å². The van der Waals surface area contributed by atoms with Gasteiger partial charge in [-0.05, 0) is 81.2 Å². The van der Waals surface area contributed by atoms with E-state index in [1.54, 1.807) is 0 Å². The van der Waals surface area contributed by atoms with Crippen molar-refractivity contribution >= 4 is 71.6 Å². The first-order valence-corrected chi connectivity index (χ1v) is 18.5. The van der Waals surface area contributed by atoms with Crippen LogP contribution in [0.3, 0.4) is 0 Å². The van der Waals surface area contributed by atoms with Crippen LogP contribution in [0.5, 0.6) is 0 Å². The van der Waals surface area contributed by atoms with Gasteiger partial charge in [-0.1, -0.05) is 140 Å². The van der Waals surface area contributed by atoms with Crippen LogP contribution in [0, 0.1) is 0 Å². The molecule has 0 saturated carbocycles. The fraction of sp³-hybridized carbons (Fsp3) is 0. The van der Waals surface area contributed by atoms with Crippen molar-refractivity contribution in [1.29, 1.82) is 0 Å². The highest BCUT2D eigenvalue weighted by molar-refractivity contribution is 6.13. The minimum absolute atomic E-state index is 0.603. The number of oxazole rings is 1. The lowest BCUT2D eigenvalue weighted by Gasteiger charge is -2.28. The van der Waals surface area contributed by atoms with E-state index in [0.29, 0.717) is 11.5 Å². The summed E-state index contributed by atoms with van der Waals surface area (Å²) in [6, 6.07) is 68.3. The summed E-state index contributed by atoms with van der Waals surface area (Å²) in [6.07, 6.45) is 0. The molecule has 0 radical (unpaired) electrons. The van der Waals surface area contributed by atoms with Crippen molar-refractivity contribution in [3.8, 4) is 33.7 Å². The zero-order chi connectivity index (χ0) is 36.3. The standard InChI is InChI=1S/C51H32N2O2/c1-3-12-33(13-4-1)41-18-9-10-21-47(41)53(39-29-26-36-23-22-34-14-7-8-17-40(34)44(36)30-39)38-27-24-35(25-28-38)42-19-11-20-43-45-31-46-49(32-48(45)54-50(42)43)55-51(52-46)37-15-5-2-6-16-37/h1-32H. The number of anilines is 3. The van der Waals surface area contributed by atoms with Gasteiger partial charge in [-0.25, -0.2) is 4.98 Å². The summed E-state index contributed by atoms with van der Waals surface area (Å²) in [6.45, 7) is 0. The van der Waals surface area contributed by atoms with Gasteiger partial charge < -0.3 is 13.7 Å². The van der Waals surface area contributed by atoms with Crippen LogP contribution in [-0.4, -0.2) is 4.98 Å². The number of nitrogens with zero attached hydrogens (tertiary/aromatic N) is 2. The van der Waals surface area contributed by atoms with E-state index in [4.69, 9.17) is 13.8 Å². The first-order valence-electron chi connectivity index (χ1n) is 18.5. The quantitative estimate of drug-likeness (QED) is 0.162. The molecule has 0 saturated heterocycles. The van der Waals surface area contributed by atoms with Gasteiger partial charge in [-0.15, -0.1) is 0 Å². The van der Waals surface area contributed by atoms with E-state index in [1.807, 2.05) is 36.4 Å². The Morgan fingerprint density at radius 1 is 0.382 bits per heavy atom. The van der Waals surface area contributed by atoms with Crippen LogP contribution >= 0.6 is 0 Å². The Hall–Kier alpha value is -7.43. The second kappa shape index (κ2) is 12.6. The molecule has 0 N–H and O–H groups in total. The third-order valence-electron chi connectivity index (χ3n) is 10.7. The number of hydrogen-bond donors (Lipinski definition) is 0. The molecule has 0 atom stereocenters. The molecule has 0 amide bonds. The van der Waals surface area contributed by atoms with Gasteiger partial charge in [-0.3, -0.25) is 0 Å². The van der Waals surface area contributed by atoms with E-state index >= 15 is 0 Å². The maximum atomic E-state index is 6.62. The average molecular weight is 705 g/mol. The van der Waals surface area contributed by atoms with Crippen LogP contribution in [0.15, 0.2) is 203 Å². The lowest BCUT2D eigenvalue weighted by atomic mass is 9.98. The molecule has 4 heteroatoms. The van der Waals surface area contributed by atoms with Crippen LogP contribution in [0.25, 0.3) is 88.3 Å². The molecule has 11 aromatic rings. The molecular formula is C51H32N2O2. The molecule has 9 aromatic carbocycles. The van der Waals surface area contributed by atoms with Gasteiger partial charge in [0.2, 0.25) is 5.89 Å². The molecule has 2 aromatic heterocycles. The highest BCUT2D eigenvalue weighted by Crippen LogP contribution is 2.44. The topological polar surface area (TPSA) is 42.4 Å². The smallest absolute Gasteiger partial charge is 0.227 e. The lowest BCUT2D eigenvalue weighted by molar-refractivity contribution is 0.617. The predicted octanol–water partition coefficient (Wildman–Crippen LogP) is 14.5. The van der Waals surface area contributed by atoms with Crippen molar-refractivity contribution in [1.82, 2.24) is 4.98 Å². The molecule has 0 aliphatic carbocycles. The first-order chi connectivity index (χ1) is 27.2.